The molecule has 0 radical (unpaired) electrons. The van der Waals surface area contributed by atoms with Crippen LogP contribution in [0.3, 0.4) is 0 Å². The summed E-state index contributed by atoms with van der Waals surface area (Å²) in [5.74, 6) is -0.276. The summed E-state index contributed by atoms with van der Waals surface area (Å²) in [6.07, 6.45) is 3.01. The van der Waals surface area contributed by atoms with E-state index in [0.717, 1.165) is 6.42 Å². The van der Waals surface area contributed by atoms with Crippen LogP contribution in [-0.2, 0) is 23.0 Å². The van der Waals surface area contributed by atoms with Crippen molar-refractivity contribution in [2.45, 2.75) is 24.9 Å². The van der Waals surface area contributed by atoms with Crippen molar-refractivity contribution in [2.75, 3.05) is 6.61 Å². The Kier molecular flexibility index (Phi) is 2.44. The summed E-state index contributed by atoms with van der Waals surface area (Å²) in [4.78, 5) is 15.2. The number of hydrogen-bond donors (Lipinski definition) is 1. The summed E-state index contributed by atoms with van der Waals surface area (Å²) in [5, 5.41) is 13.1. The van der Waals surface area contributed by atoms with Crippen molar-refractivity contribution in [3.63, 3.8) is 0 Å². The zero-order chi connectivity index (χ0) is 10.9. The number of aryl methyl sites for hydroxylation is 1. The minimum absolute atomic E-state index is 0.277. The van der Waals surface area contributed by atoms with E-state index in [0.29, 0.717) is 18.9 Å². The third kappa shape index (κ3) is 1.72. The minimum Gasteiger partial charge on any atom is -0.479 e. The first-order chi connectivity index (χ1) is 7.14. The maximum atomic E-state index is 11.2. The van der Waals surface area contributed by atoms with Gasteiger partial charge >= 0.3 is 5.97 Å². The molecular weight excluding hydrogens is 198 g/mol. The first-order valence-electron chi connectivity index (χ1n) is 4.84. The predicted molar refractivity (Wildman–Crippen MR) is 50.3 cm³/mol. The molecule has 15 heavy (non-hydrogen) atoms. The summed E-state index contributed by atoms with van der Waals surface area (Å²) in [6, 6.07) is 0. The van der Waals surface area contributed by atoms with E-state index < -0.39 is 11.6 Å². The molecular formula is C9H13N3O3. The lowest BCUT2D eigenvalue weighted by atomic mass is 9.96. The first-order valence-corrected chi connectivity index (χ1v) is 4.84. The number of carboxylic acids is 1. The summed E-state index contributed by atoms with van der Waals surface area (Å²) in [6.45, 7) is 0.504. The van der Waals surface area contributed by atoms with Gasteiger partial charge in [0.15, 0.2) is 5.60 Å². The quantitative estimate of drug-likeness (QED) is 0.761. The molecule has 0 amide bonds. The van der Waals surface area contributed by atoms with Gasteiger partial charge in [0.2, 0.25) is 0 Å². The second kappa shape index (κ2) is 3.62. The van der Waals surface area contributed by atoms with Crippen molar-refractivity contribution in [1.29, 1.82) is 0 Å². The van der Waals surface area contributed by atoms with Gasteiger partial charge in [0, 0.05) is 20.1 Å². The lowest BCUT2D eigenvalue weighted by Gasteiger charge is -2.22. The Bertz CT molecular complexity index is 368. The molecule has 82 valence electrons. The molecule has 0 bridgehead atoms. The lowest BCUT2D eigenvalue weighted by molar-refractivity contribution is -0.160. The van der Waals surface area contributed by atoms with Crippen LogP contribution in [0.5, 0.6) is 0 Å². The molecule has 1 fully saturated rings. The van der Waals surface area contributed by atoms with E-state index in [1.807, 2.05) is 0 Å². The highest BCUT2D eigenvalue weighted by atomic mass is 16.5. The van der Waals surface area contributed by atoms with Crippen molar-refractivity contribution >= 4 is 5.97 Å². The molecule has 1 aliphatic heterocycles. The van der Waals surface area contributed by atoms with Crippen LogP contribution in [0.2, 0.25) is 0 Å². The molecule has 0 saturated carbocycles. The second-order valence-electron chi connectivity index (χ2n) is 3.73. The molecule has 1 aromatic rings. The number of aliphatic carboxylic acids is 1. The van der Waals surface area contributed by atoms with Crippen molar-refractivity contribution < 1.29 is 14.6 Å². The Morgan fingerprint density at radius 2 is 2.60 bits per heavy atom. The zero-order valence-corrected chi connectivity index (χ0v) is 8.51. The topological polar surface area (TPSA) is 77.2 Å². The molecule has 2 heterocycles. The van der Waals surface area contributed by atoms with E-state index in [4.69, 9.17) is 4.74 Å². The van der Waals surface area contributed by atoms with Gasteiger partial charge in [-0.25, -0.2) is 9.78 Å². The van der Waals surface area contributed by atoms with E-state index in [-0.39, 0.29) is 6.42 Å². The largest absolute Gasteiger partial charge is 0.479 e. The van der Waals surface area contributed by atoms with Crippen molar-refractivity contribution in [2.24, 2.45) is 7.05 Å². The van der Waals surface area contributed by atoms with E-state index in [1.54, 1.807) is 11.7 Å². The number of ether oxygens (including phenoxy) is 1. The average Bonchev–Trinajstić information content (AvgIpc) is 2.78. The van der Waals surface area contributed by atoms with Crippen LogP contribution < -0.4 is 0 Å². The summed E-state index contributed by atoms with van der Waals surface area (Å²) in [5.41, 5.74) is -1.10. The number of rotatable bonds is 3. The van der Waals surface area contributed by atoms with Gasteiger partial charge in [-0.05, 0) is 12.8 Å². The molecule has 6 heteroatoms. The van der Waals surface area contributed by atoms with Gasteiger partial charge in [0.05, 0.1) is 0 Å². The Morgan fingerprint density at radius 3 is 3.07 bits per heavy atom. The fraction of sp³-hybridized carbons (Fsp3) is 0.667. The van der Waals surface area contributed by atoms with Crippen LogP contribution >= 0.6 is 0 Å². The van der Waals surface area contributed by atoms with Gasteiger partial charge in [0.25, 0.3) is 0 Å². The molecule has 6 nitrogen and oxygen atoms in total. The summed E-state index contributed by atoms with van der Waals surface area (Å²) in [7, 11) is 1.74. The third-order valence-electron chi connectivity index (χ3n) is 2.74. The molecule has 1 aliphatic rings. The van der Waals surface area contributed by atoms with Crippen LogP contribution in [0.1, 0.15) is 18.7 Å². The smallest absolute Gasteiger partial charge is 0.336 e. The third-order valence-corrected chi connectivity index (χ3v) is 2.74. The summed E-state index contributed by atoms with van der Waals surface area (Å²) < 4.78 is 6.93. The van der Waals surface area contributed by atoms with Crippen LogP contribution in [0, 0.1) is 0 Å². The Balaban J connectivity index is 2.21. The lowest BCUT2D eigenvalue weighted by Crippen LogP contribution is -2.40. The normalized spacial score (nSPS) is 25.7. The molecule has 1 aromatic heterocycles. The van der Waals surface area contributed by atoms with Crippen LogP contribution in [0.15, 0.2) is 6.33 Å². The second-order valence-corrected chi connectivity index (χ2v) is 3.73. The molecule has 2 rings (SSSR count). The maximum absolute atomic E-state index is 11.2. The number of aromatic nitrogens is 3. The van der Waals surface area contributed by atoms with Crippen LogP contribution in [0.25, 0.3) is 0 Å². The fourth-order valence-corrected chi connectivity index (χ4v) is 1.82. The molecule has 0 spiro atoms. The molecule has 1 unspecified atom stereocenters. The van der Waals surface area contributed by atoms with E-state index >= 15 is 0 Å². The van der Waals surface area contributed by atoms with Crippen LogP contribution in [0.4, 0.5) is 0 Å². The van der Waals surface area contributed by atoms with E-state index in [9.17, 15) is 9.90 Å². The first kappa shape index (κ1) is 10.1. The highest BCUT2D eigenvalue weighted by Crippen LogP contribution is 2.29. The van der Waals surface area contributed by atoms with Crippen molar-refractivity contribution in [1.82, 2.24) is 14.8 Å². The standard InChI is InChI=1S/C9H13N3O3/c1-12-7(10-6-11-12)5-9(8(13)14)3-2-4-15-9/h6H,2-5H2,1H3,(H,13,14). The number of carbonyl (C=O) groups is 1. The van der Waals surface area contributed by atoms with Gasteiger partial charge in [-0.15, -0.1) is 0 Å². The highest BCUT2D eigenvalue weighted by molar-refractivity contribution is 5.78. The molecule has 1 N–H and O–H groups in total. The number of nitrogens with zero attached hydrogens (tertiary/aromatic N) is 3. The summed E-state index contributed by atoms with van der Waals surface area (Å²) >= 11 is 0. The Labute approximate surface area is 86.9 Å². The monoisotopic (exact) mass is 211 g/mol. The average molecular weight is 211 g/mol. The van der Waals surface area contributed by atoms with E-state index in [2.05, 4.69) is 10.1 Å². The number of hydrogen-bond acceptors (Lipinski definition) is 4. The Hall–Kier alpha value is -1.43. The van der Waals surface area contributed by atoms with Crippen molar-refractivity contribution in [3.8, 4) is 0 Å². The minimum atomic E-state index is -1.10. The SMILES string of the molecule is Cn1ncnc1CC1(C(=O)O)CCCO1. The molecule has 1 saturated heterocycles. The Morgan fingerprint density at radius 1 is 1.80 bits per heavy atom. The van der Waals surface area contributed by atoms with Gasteiger partial charge in [-0.1, -0.05) is 0 Å². The molecule has 0 aliphatic carbocycles. The zero-order valence-electron chi connectivity index (χ0n) is 8.51. The predicted octanol–water partition coefficient (Wildman–Crippen LogP) is -0.00860. The number of carboxylic acid groups (broad SMARTS) is 1. The molecule has 1 atom stereocenters. The fourth-order valence-electron chi connectivity index (χ4n) is 1.82. The van der Waals surface area contributed by atoms with Gasteiger partial charge in [-0.2, -0.15) is 5.10 Å². The van der Waals surface area contributed by atoms with E-state index in [1.165, 1.54) is 6.33 Å². The highest BCUT2D eigenvalue weighted by Gasteiger charge is 2.44. The molecule has 0 aromatic carbocycles. The van der Waals surface area contributed by atoms with Crippen LogP contribution in [-0.4, -0.2) is 38.0 Å². The van der Waals surface area contributed by atoms with Gasteiger partial charge in [0.1, 0.15) is 12.2 Å². The van der Waals surface area contributed by atoms with Gasteiger partial charge in [-0.3, -0.25) is 4.68 Å². The van der Waals surface area contributed by atoms with Gasteiger partial charge < -0.3 is 9.84 Å². The van der Waals surface area contributed by atoms with Crippen molar-refractivity contribution in [3.05, 3.63) is 12.2 Å². The maximum Gasteiger partial charge on any atom is 0.336 e.